The second-order valence-electron chi connectivity index (χ2n) is 18.8. The second-order valence-corrected chi connectivity index (χ2v) is 18.8. The van der Waals surface area contributed by atoms with Crippen LogP contribution in [0.15, 0.2) is 283 Å². The summed E-state index contributed by atoms with van der Waals surface area (Å²) in [5, 5.41) is 9.62. The summed E-state index contributed by atoms with van der Waals surface area (Å²) >= 11 is 0. The first-order chi connectivity index (χ1) is 36.2. The monoisotopic (exact) mass is 930 g/mol. The van der Waals surface area contributed by atoms with Crippen molar-refractivity contribution >= 4 is 88.4 Å². The molecule has 0 aliphatic rings. The van der Waals surface area contributed by atoms with Crippen molar-refractivity contribution in [2.75, 3.05) is 9.80 Å². The molecule has 73 heavy (non-hydrogen) atoms. The average molecular weight is 931 g/mol. The van der Waals surface area contributed by atoms with Crippen LogP contribution < -0.4 is 9.80 Å². The van der Waals surface area contributed by atoms with Gasteiger partial charge in [0.05, 0.1) is 11.4 Å². The zero-order valence-electron chi connectivity index (χ0n) is 39.9. The van der Waals surface area contributed by atoms with E-state index in [1.165, 1.54) is 60.1 Å². The van der Waals surface area contributed by atoms with Crippen molar-refractivity contribution in [3.05, 3.63) is 279 Å². The summed E-state index contributed by atoms with van der Waals surface area (Å²) in [6.07, 6.45) is 0. The van der Waals surface area contributed by atoms with Crippen LogP contribution in [0, 0.1) is 0 Å². The van der Waals surface area contributed by atoms with Crippen molar-refractivity contribution in [2.45, 2.75) is 0 Å². The third-order valence-electron chi connectivity index (χ3n) is 14.6. The highest BCUT2D eigenvalue weighted by Crippen LogP contribution is 2.48. The van der Waals surface area contributed by atoms with Crippen molar-refractivity contribution in [3.8, 4) is 44.5 Å². The van der Waals surface area contributed by atoms with Gasteiger partial charge < -0.3 is 14.2 Å². The van der Waals surface area contributed by atoms with Crippen LogP contribution in [0.1, 0.15) is 0 Å². The minimum absolute atomic E-state index is 0.883. The third-order valence-corrected chi connectivity index (χ3v) is 14.6. The van der Waals surface area contributed by atoms with Crippen molar-refractivity contribution in [3.63, 3.8) is 0 Å². The molecule has 0 aliphatic heterocycles. The summed E-state index contributed by atoms with van der Waals surface area (Å²) < 4.78 is 6.29. The molecule has 0 bridgehead atoms. The van der Waals surface area contributed by atoms with Gasteiger partial charge in [-0.2, -0.15) is 0 Å². The van der Waals surface area contributed by atoms with Crippen molar-refractivity contribution < 1.29 is 4.42 Å². The van der Waals surface area contributed by atoms with Gasteiger partial charge in [0.2, 0.25) is 0 Å². The van der Waals surface area contributed by atoms with E-state index in [2.05, 4.69) is 277 Å². The third kappa shape index (κ3) is 7.37. The predicted molar refractivity (Wildman–Crippen MR) is 309 cm³/mol. The number of rotatable bonds is 10. The number of fused-ring (bicyclic) bond motifs is 3. The highest BCUT2D eigenvalue weighted by atomic mass is 16.3. The van der Waals surface area contributed by atoms with Gasteiger partial charge in [0.25, 0.3) is 0 Å². The molecule has 3 nitrogen and oxygen atoms in total. The quantitative estimate of drug-likeness (QED) is 0.127. The van der Waals surface area contributed by atoms with Crippen LogP contribution in [0.3, 0.4) is 0 Å². The zero-order chi connectivity index (χ0) is 48.2. The topological polar surface area (TPSA) is 19.6 Å². The zero-order valence-corrected chi connectivity index (χ0v) is 39.9. The molecule has 0 fully saturated rings. The Bertz CT molecular complexity index is 4280. The van der Waals surface area contributed by atoms with Crippen molar-refractivity contribution in [1.82, 2.24) is 0 Å². The van der Waals surface area contributed by atoms with E-state index < -0.39 is 0 Å². The Kier molecular flexibility index (Phi) is 10.2. The summed E-state index contributed by atoms with van der Waals surface area (Å²) in [7, 11) is 0. The van der Waals surface area contributed by atoms with Gasteiger partial charge in [-0.05, 0) is 145 Å². The van der Waals surface area contributed by atoms with Crippen LogP contribution in [0.25, 0.3) is 98.8 Å². The maximum Gasteiger partial charge on any atom is 0.135 e. The molecule has 0 saturated heterocycles. The van der Waals surface area contributed by atoms with E-state index in [1.54, 1.807) is 0 Å². The minimum atomic E-state index is 0.883. The van der Waals surface area contributed by atoms with Crippen molar-refractivity contribution in [2.24, 2.45) is 0 Å². The van der Waals surface area contributed by atoms with Crippen LogP contribution in [-0.2, 0) is 0 Å². The summed E-state index contributed by atoms with van der Waals surface area (Å²) in [4.78, 5) is 4.80. The summed E-state index contributed by atoms with van der Waals surface area (Å²) in [5.74, 6) is 0. The van der Waals surface area contributed by atoms with Crippen LogP contribution >= 0.6 is 0 Å². The Balaban J connectivity index is 0.903. The van der Waals surface area contributed by atoms with Gasteiger partial charge in [-0.3, -0.25) is 0 Å². The fourth-order valence-electron chi connectivity index (χ4n) is 11.1. The van der Waals surface area contributed by atoms with E-state index in [1.807, 2.05) is 12.1 Å². The van der Waals surface area contributed by atoms with E-state index in [9.17, 15) is 0 Å². The first kappa shape index (κ1) is 42.2. The normalized spacial score (nSPS) is 11.6. The summed E-state index contributed by atoms with van der Waals surface area (Å²) in [5.41, 5.74) is 17.8. The maximum absolute atomic E-state index is 6.29. The number of hydrogen-bond acceptors (Lipinski definition) is 3. The summed E-state index contributed by atoms with van der Waals surface area (Å²) in [6.45, 7) is 0. The van der Waals surface area contributed by atoms with Gasteiger partial charge in [-0.15, -0.1) is 0 Å². The first-order valence-corrected chi connectivity index (χ1v) is 25.0. The fraction of sp³-hybridized carbons (Fsp3) is 0. The lowest BCUT2D eigenvalue weighted by atomic mass is 9.89. The Morgan fingerprint density at radius 2 is 0.685 bits per heavy atom. The minimum Gasteiger partial charge on any atom is -0.456 e. The van der Waals surface area contributed by atoms with Crippen LogP contribution in [0.4, 0.5) is 34.1 Å². The number of nitrogens with zero attached hydrogens (tertiary/aromatic N) is 2. The highest BCUT2D eigenvalue weighted by molar-refractivity contribution is 6.28. The SMILES string of the molecule is c1ccc(-c2ccc(N(c3ccc(-c4ccc5ccc6c(N(c7ccccc7)c7ccc8oc9ccccc9c8c7)ccc7ccc4c5c76)cc3)c3ccc(-c4ccccc4)cc3-c3ccccc3)cc2)cc1. The molecule has 1 aromatic heterocycles. The number of furan rings is 1. The Labute approximate surface area is 424 Å². The molecule has 14 aromatic rings. The number of benzene rings is 13. The molecule has 0 amide bonds. The highest BCUT2D eigenvalue weighted by Gasteiger charge is 2.22. The molecule has 13 aromatic carbocycles. The molecular formula is C70H46N2O. The van der Waals surface area contributed by atoms with Gasteiger partial charge >= 0.3 is 0 Å². The Morgan fingerprint density at radius 1 is 0.233 bits per heavy atom. The molecule has 3 heteroatoms. The van der Waals surface area contributed by atoms with Crippen LogP contribution in [0.5, 0.6) is 0 Å². The van der Waals surface area contributed by atoms with Gasteiger partial charge in [0.15, 0.2) is 0 Å². The lowest BCUT2D eigenvalue weighted by molar-refractivity contribution is 0.669. The van der Waals surface area contributed by atoms with Gasteiger partial charge in [-0.1, -0.05) is 200 Å². The molecule has 0 spiro atoms. The van der Waals surface area contributed by atoms with Gasteiger partial charge in [0.1, 0.15) is 11.2 Å². The number of para-hydroxylation sites is 2. The lowest BCUT2D eigenvalue weighted by Crippen LogP contribution is -2.11. The molecule has 0 saturated carbocycles. The number of anilines is 6. The fourth-order valence-corrected chi connectivity index (χ4v) is 11.1. The van der Waals surface area contributed by atoms with Crippen LogP contribution in [0.2, 0.25) is 0 Å². The molecule has 342 valence electrons. The molecule has 0 atom stereocenters. The van der Waals surface area contributed by atoms with E-state index in [4.69, 9.17) is 4.42 Å². The van der Waals surface area contributed by atoms with Crippen LogP contribution in [-0.4, -0.2) is 0 Å². The largest absolute Gasteiger partial charge is 0.456 e. The smallest absolute Gasteiger partial charge is 0.135 e. The van der Waals surface area contributed by atoms with Gasteiger partial charge in [0, 0.05) is 44.5 Å². The summed E-state index contributed by atoms with van der Waals surface area (Å²) in [6, 6.07) is 101. The molecular weight excluding hydrogens is 885 g/mol. The van der Waals surface area contributed by atoms with Gasteiger partial charge in [-0.25, -0.2) is 0 Å². The van der Waals surface area contributed by atoms with E-state index in [-0.39, 0.29) is 0 Å². The molecule has 14 rings (SSSR count). The predicted octanol–water partition coefficient (Wildman–Crippen LogP) is 20.1. The second kappa shape index (κ2) is 17.6. The van der Waals surface area contributed by atoms with E-state index in [0.717, 1.165) is 72.8 Å². The van der Waals surface area contributed by atoms with E-state index in [0.29, 0.717) is 0 Å². The molecule has 0 radical (unpaired) electrons. The first-order valence-electron chi connectivity index (χ1n) is 25.0. The maximum atomic E-state index is 6.29. The van der Waals surface area contributed by atoms with E-state index >= 15 is 0 Å². The average Bonchev–Trinajstić information content (AvgIpc) is 3.84. The van der Waals surface area contributed by atoms with Crippen molar-refractivity contribution in [1.29, 1.82) is 0 Å². The lowest BCUT2D eigenvalue weighted by Gasteiger charge is -2.29. The molecule has 1 heterocycles. The Morgan fingerprint density at radius 3 is 1.38 bits per heavy atom. The standard InChI is InChI=1S/C70H46N2O/c1-5-15-47(16-6-1)49-25-34-56(35-26-49)71(66-43-33-54(48-17-7-2-8-18-48)45-63(66)50-19-9-3-10-20-50)57-36-27-51(28-37-57)59-39-29-52-31-41-62-65(42-32-53-30-40-61(59)69(52)70(53)62)72(55-21-11-4-12-22-55)58-38-44-68-64(46-58)60-23-13-14-24-67(60)73-68/h1-46H. The molecule has 0 N–H and O–H groups in total. The Hall–Kier alpha value is -9.70. The molecule has 0 aliphatic carbocycles. The number of hydrogen-bond donors (Lipinski definition) is 0. The molecule has 0 unspecified atom stereocenters.